The van der Waals surface area contributed by atoms with Crippen molar-refractivity contribution < 1.29 is 14.3 Å². The summed E-state index contributed by atoms with van der Waals surface area (Å²) in [4.78, 5) is 27.4. The number of carbonyl (C=O) groups excluding carboxylic acids is 2. The van der Waals surface area contributed by atoms with Crippen molar-refractivity contribution in [3.8, 4) is 11.8 Å². The molecule has 1 saturated heterocycles. The van der Waals surface area contributed by atoms with E-state index in [0.717, 1.165) is 5.56 Å². The van der Waals surface area contributed by atoms with Gasteiger partial charge in [0.25, 0.3) is 0 Å². The summed E-state index contributed by atoms with van der Waals surface area (Å²) in [5.74, 6) is 0.565. The lowest BCUT2D eigenvalue weighted by Gasteiger charge is -2.34. The van der Waals surface area contributed by atoms with Gasteiger partial charge in [-0.25, -0.2) is 0 Å². The Labute approximate surface area is 129 Å². The third kappa shape index (κ3) is 3.76. The minimum absolute atomic E-state index is 0.0249. The number of hydrogen-bond donors (Lipinski definition) is 0. The smallest absolute Gasteiger partial charge is 0.236 e. The van der Waals surface area contributed by atoms with Crippen LogP contribution in [0.15, 0.2) is 24.3 Å². The number of nitriles is 1. The summed E-state index contributed by atoms with van der Waals surface area (Å²) in [6.45, 7) is 1.98. The molecule has 1 aliphatic heterocycles. The van der Waals surface area contributed by atoms with Crippen LogP contribution in [-0.4, -0.2) is 54.9 Å². The van der Waals surface area contributed by atoms with Crippen LogP contribution in [0.25, 0.3) is 0 Å². The van der Waals surface area contributed by atoms with E-state index in [1.807, 2.05) is 30.3 Å². The van der Waals surface area contributed by atoms with E-state index in [9.17, 15) is 9.59 Å². The molecule has 2 rings (SSSR count). The average molecular weight is 301 g/mol. The Bertz CT molecular complexity index is 587. The molecule has 0 aliphatic carbocycles. The molecule has 0 unspecified atom stereocenters. The van der Waals surface area contributed by atoms with E-state index in [2.05, 4.69) is 0 Å². The van der Waals surface area contributed by atoms with Gasteiger partial charge in [-0.05, 0) is 6.07 Å². The first-order chi connectivity index (χ1) is 10.7. The van der Waals surface area contributed by atoms with E-state index in [4.69, 9.17) is 10.00 Å². The zero-order chi connectivity index (χ0) is 15.9. The molecule has 1 aromatic rings. The number of hydrogen-bond acceptors (Lipinski definition) is 4. The lowest BCUT2D eigenvalue weighted by Crippen LogP contribution is -2.50. The lowest BCUT2D eigenvalue weighted by molar-refractivity contribution is -0.138. The van der Waals surface area contributed by atoms with Crippen LogP contribution in [0, 0.1) is 11.3 Å². The van der Waals surface area contributed by atoms with Crippen LogP contribution in [0.5, 0.6) is 5.75 Å². The van der Waals surface area contributed by atoms with Crippen molar-refractivity contribution >= 4 is 11.8 Å². The molecule has 0 spiro atoms. The highest BCUT2D eigenvalue weighted by Crippen LogP contribution is 2.19. The number of methoxy groups -OCH3 is 1. The number of para-hydroxylation sites is 1. The van der Waals surface area contributed by atoms with E-state index in [0.29, 0.717) is 31.9 Å². The van der Waals surface area contributed by atoms with Crippen LogP contribution in [0.2, 0.25) is 0 Å². The van der Waals surface area contributed by atoms with Crippen LogP contribution >= 0.6 is 0 Å². The van der Waals surface area contributed by atoms with E-state index in [1.165, 1.54) is 0 Å². The Balaban J connectivity index is 1.90. The van der Waals surface area contributed by atoms with Crippen molar-refractivity contribution in [2.75, 3.05) is 33.3 Å². The van der Waals surface area contributed by atoms with Gasteiger partial charge in [0, 0.05) is 31.7 Å². The summed E-state index contributed by atoms with van der Waals surface area (Å²) in [6, 6.07) is 9.32. The number of carbonyl (C=O) groups is 2. The quantitative estimate of drug-likeness (QED) is 0.825. The zero-order valence-corrected chi connectivity index (χ0v) is 12.6. The van der Waals surface area contributed by atoms with Crippen LogP contribution in [0.4, 0.5) is 0 Å². The fraction of sp³-hybridized carbons (Fsp3) is 0.438. The Hall–Kier alpha value is -2.55. The molecule has 6 nitrogen and oxygen atoms in total. The summed E-state index contributed by atoms with van der Waals surface area (Å²) < 4.78 is 5.25. The highest BCUT2D eigenvalue weighted by atomic mass is 16.5. The van der Waals surface area contributed by atoms with Crippen LogP contribution < -0.4 is 4.74 Å². The van der Waals surface area contributed by atoms with Crippen molar-refractivity contribution in [3.05, 3.63) is 29.8 Å². The molecule has 0 N–H and O–H groups in total. The van der Waals surface area contributed by atoms with Gasteiger partial charge < -0.3 is 14.5 Å². The molecule has 22 heavy (non-hydrogen) atoms. The summed E-state index contributed by atoms with van der Waals surface area (Å²) in [5, 5.41) is 8.55. The predicted molar refractivity (Wildman–Crippen MR) is 80.1 cm³/mol. The Morgan fingerprint density at radius 3 is 2.32 bits per heavy atom. The predicted octanol–water partition coefficient (Wildman–Crippen LogP) is 0.822. The minimum Gasteiger partial charge on any atom is -0.496 e. The molecule has 6 heteroatoms. The second-order valence-corrected chi connectivity index (χ2v) is 5.09. The molecule has 0 saturated carbocycles. The number of piperazine rings is 1. The summed E-state index contributed by atoms with van der Waals surface area (Å²) >= 11 is 0. The second-order valence-electron chi connectivity index (χ2n) is 5.09. The highest BCUT2D eigenvalue weighted by molar-refractivity contribution is 5.81. The van der Waals surface area contributed by atoms with Gasteiger partial charge in [0.15, 0.2) is 0 Å². The standard InChI is InChI=1S/C16H19N3O3/c1-22-14-5-3-2-4-13(14)12-16(21)19-10-8-18(9-11-19)15(20)6-7-17/h2-5H,6,8-12H2,1H3. The topological polar surface area (TPSA) is 73.6 Å². The summed E-state index contributed by atoms with van der Waals surface area (Å²) in [5.41, 5.74) is 0.859. The minimum atomic E-state index is -0.167. The van der Waals surface area contributed by atoms with Crippen molar-refractivity contribution in [2.24, 2.45) is 0 Å². The Morgan fingerprint density at radius 2 is 1.73 bits per heavy atom. The number of benzene rings is 1. The van der Waals surface area contributed by atoms with Gasteiger partial charge in [0.2, 0.25) is 11.8 Å². The van der Waals surface area contributed by atoms with Gasteiger partial charge >= 0.3 is 0 Å². The maximum atomic E-state index is 12.4. The largest absolute Gasteiger partial charge is 0.496 e. The van der Waals surface area contributed by atoms with Gasteiger partial charge in [-0.2, -0.15) is 5.26 Å². The van der Waals surface area contributed by atoms with E-state index in [1.54, 1.807) is 16.9 Å². The molecule has 1 aliphatic rings. The SMILES string of the molecule is COc1ccccc1CC(=O)N1CCN(C(=O)CC#N)CC1. The van der Waals surface area contributed by atoms with Gasteiger partial charge in [-0.3, -0.25) is 9.59 Å². The number of amides is 2. The molecule has 0 bridgehead atoms. The third-order valence-electron chi connectivity index (χ3n) is 3.75. The van der Waals surface area contributed by atoms with Gasteiger partial charge in [0.05, 0.1) is 19.6 Å². The van der Waals surface area contributed by atoms with Crippen LogP contribution in [0.1, 0.15) is 12.0 Å². The van der Waals surface area contributed by atoms with Gasteiger partial charge in [-0.1, -0.05) is 18.2 Å². The first kappa shape index (κ1) is 15.8. The van der Waals surface area contributed by atoms with Crippen molar-refractivity contribution in [3.63, 3.8) is 0 Å². The van der Waals surface area contributed by atoms with Crippen LogP contribution in [-0.2, 0) is 16.0 Å². The maximum absolute atomic E-state index is 12.4. The van der Waals surface area contributed by atoms with E-state index >= 15 is 0 Å². The van der Waals surface area contributed by atoms with Crippen molar-refractivity contribution in [1.82, 2.24) is 9.80 Å². The van der Waals surface area contributed by atoms with Crippen molar-refractivity contribution in [1.29, 1.82) is 5.26 Å². The molecule has 116 valence electrons. The molecular weight excluding hydrogens is 282 g/mol. The third-order valence-corrected chi connectivity index (χ3v) is 3.75. The molecule has 1 aromatic carbocycles. The number of nitrogens with zero attached hydrogens (tertiary/aromatic N) is 3. The molecule has 1 heterocycles. The lowest BCUT2D eigenvalue weighted by atomic mass is 10.1. The number of ether oxygens (including phenoxy) is 1. The Kier molecular flexibility index (Phi) is 5.37. The molecule has 0 radical (unpaired) electrons. The highest BCUT2D eigenvalue weighted by Gasteiger charge is 2.24. The van der Waals surface area contributed by atoms with Gasteiger partial charge in [0.1, 0.15) is 12.2 Å². The van der Waals surface area contributed by atoms with E-state index < -0.39 is 0 Å². The molecule has 1 fully saturated rings. The van der Waals surface area contributed by atoms with E-state index in [-0.39, 0.29) is 24.7 Å². The second kappa shape index (κ2) is 7.46. The zero-order valence-electron chi connectivity index (χ0n) is 12.6. The fourth-order valence-corrected chi connectivity index (χ4v) is 2.51. The Morgan fingerprint density at radius 1 is 1.14 bits per heavy atom. The van der Waals surface area contributed by atoms with Crippen molar-refractivity contribution in [2.45, 2.75) is 12.8 Å². The molecule has 0 aromatic heterocycles. The van der Waals surface area contributed by atoms with Gasteiger partial charge in [-0.15, -0.1) is 0 Å². The maximum Gasteiger partial charge on any atom is 0.236 e. The van der Waals surface area contributed by atoms with Crippen LogP contribution in [0.3, 0.4) is 0 Å². The summed E-state index contributed by atoms with van der Waals surface area (Å²) in [6.07, 6.45) is 0.186. The normalized spacial score (nSPS) is 14.4. The number of rotatable bonds is 4. The summed E-state index contributed by atoms with van der Waals surface area (Å²) in [7, 11) is 1.59. The molecule has 0 atom stereocenters. The fourth-order valence-electron chi connectivity index (χ4n) is 2.51. The average Bonchev–Trinajstić information content (AvgIpc) is 2.55. The molecular formula is C16H19N3O3. The molecule has 2 amide bonds. The first-order valence-electron chi connectivity index (χ1n) is 7.20. The monoisotopic (exact) mass is 301 g/mol. The first-order valence-corrected chi connectivity index (χ1v) is 7.20.